The lowest BCUT2D eigenvalue weighted by atomic mass is 10.2. The molecule has 0 unspecified atom stereocenters. The highest BCUT2D eigenvalue weighted by atomic mass is 32.1. The van der Waals surface area contributed by atoms with Gasteiger partial charge in [-0.15, -0.1) is 11.3 Å². The predicted molar refractivity (Wildman–Crippen MR) is 87.4 cm³/mol. The lowest BCUT2D eigenvalue weighted by Gasteiger charge is -2.17. The number of amides is 1. The van der Waals surface area contributed by atoms with Crippen molar-refractivity contribution in [3.8, 4) is 5.75 Å². The van der Waals surface area contributed by atoms with E-state index in [4.69, 9.17) is 17.0 Å². The first-order valence-electron chi connectivity index (χ1n) is 6.55. The summed E-state index contributed by atoms with van der Waals surface area (Å²) in [6.45, 7) is 2.52. The summed E-state index contributed by atoms with van der Waals surface area (Å²) in [5.41, 5.74) is 2.06. The highest BCUT2D eigenvalue weighted by molar-refractivity contribution is 7.73. The topological polar surface area (TPSA) is 45.3 Å². The zero-order valence-corrected chi connectivity index (χ0v) is 13.9. The molecule has 21 heavy (non-hydrogen) atoms. The summed E-state index contributed by atoms with van der Waals surface area (Å²) >= 11 is 6.56. The summed E-state index contributed by atoms with van der Waals surface area (Å²) in [5, 5.41) is 0. The normalized spacial score (nSPS) is 10.4. The van der Waals surface area contributed by atoms with Crippen molar-refractivity contribution in [3.05, 3.63) is 44.4 Å². The van der Waals surface area contributed by atoms with Gasteiger partial charge in [-0.05, 0) is 36.8 Å². The summed E-state index contributed by atoms with van der Waals surface area (Å²) in [4.78, 5) is 18.1. The number of H-pyrrole nitrogens is 1. The first-order chi connectivity index (χ1) is 9.99. The van der Waals surface area contributed by atoms with Gasteiger partial charge in [-0.2, -0.15) is 0 Å². The second-order valence-corrected chi connectivity index (χ2v) is 6.61. The Bertz CT molecular complexity index is 674. The maximum absolute atomic E-state index is 12.3. The molecule has 1 heterocycles. The Labute approximate surface area is 133 Å². The average molecular weight is 322 g/mol. The Hall–Kier alpha value is -1.66. The standard InChI is InChI=1S/C15H18N2O2S2/c1-10-13(21-15(20)16-10)8-14(18)17(2)9-11-4-6-12(19-3)7-5-11/h4-7H,8-9H2,1-3H3,(H,16,20). The third kappa shape index (κ3) is 4.15. The molecule has 1 N–H and O–H groups in total. The van der Waals surface area contributed by atoms with Gasteiger partial charge in [-0.3, -0.25) is 4.79 Å². The van der Waals surface area contributed by atoms with Crippen molar-refractivity contribution in [1.29, 1.82) is 0 Å². The van der Waals surface area contributed by atoms with Crippen LogP contribution in [-0.2, 0) is 17.8 Å². The number of nitrogens with one attached hydrogen (secondary N) is 1. The minimum Gasteiger partial charge on any atom is -0.497 e. The van der Waals surface area contributed by atoms with Crippen molar-refractivity contribution < 1.29 is 9.53 Å². The molecule has 1 amide bonds. The smallest absolute Gasteiger partial charge is 0.227 e. The molecule has 0 radical (unpaired) electrons. The molecule has 6 heteroatoms. The van der Waals surface area contributed by atoms with Crippen LogP contribution >= 0.6 is 23.6 Å². The number of rotatable bonds is 5. The molecule has 2 aromatic rings. The summed E-state index contributed by atoms with van der Waals surface area (Å²) in [6.07, 6.45) is 0.385. The van der Waals surface area contributed by atoms with Crippen LogP contribution < -0.4 is 4.74 Å². The molecule has 0 saturated heterocycles. The van der Waals surface area contributed by atoms with Crippen LogP contribution in [0.1, 0.15) is 16.1 Å². The van der Waals surface area contributed by atoms with Gasteiger partial charge in [0.05, 0.1) is 13.5 Å². The number of aromatic nitrogens is 1. The molecule has 4 nitrogen and oxygen atoms in total. The minimum absolute atomic E-state index is 0.0826. The number of aryl methyl sites for hydroxylation is 1. The van der Waals surface area contributed by atoms with Crippen molar-refractivity contribution in [2.45, 2.75) is 19.9 Å². The highest BCUT2D eigenvalue weighted by Gasteiger charge is 2.13. The first kappa shape index (κ1) is 15.7. The number of aromatic amines is 1. The number of methoxy groups -OCH3 is 1. The maximum Gasteiger partial charge on any atom is 0.227 e. The van der Waals surface area contributed by atoms with Gasteiger partial charge in [0, 0.05) is 24.2 Å². The van der Waals surface area contributed by atoms with Gasteiger partial charge in [-0.25, -0.2) is 0 Å². The van der Waals surface area contributed by atoms with Crippen molar-refractivity contribution in [2.24, 2.45) is 0 Å². The van der Waals surface area contributed by atoms with Gasteiger partial charge in [0.25, 0.3) is 0 Å². The van der Waals surface area contributed by atoms with Crippen molar-refractivity contribution in [3.63, 3.8) is 0 Å². The molecular weight excluding hydrogens is 304 g/mol. The van der Waals surface area contributed by atoms with Crippen LogP contribution in [0.5, 0.6) is 5.75 Å². The maximum atomic E-state index is 12.3. The summed E-state index contributed by atoms with van der Waals surface area (Å²) < 4.78 is 5.84. The van der Waals surface area contributed by atoms with E-state index in [1.54, 1.807) is 12.0 Å². The monoisotopic (exact) mass is 322 g/mol. The van der Waals surface area contributed by atoms with Crippen LogP contribution in [0, 0.1) is 10.9 Å². The molecule has 112 valence electrons. The minimum atomic E-state index is 0.0826. The Morgan fingerprint density at radius 3 is 2.57 bits per heavy atom. The summed E-state index contributed by atoms with van der Waals surface area (Å²) in [6, 6.07) is 7.73. The van der Waals surface area contributed by atoms with E-state index in [2.05, 4.69) is 4.98 Å². The zero-order chi connectivity index (χ0) is 15.4. The number of benzene rings is 1. The molecule has 2 rings (SSSR count). The molecule has 0 bridgehead atoms. The number of thiazole rings is 1. The Morgan fingerprint density at radius 1 is 1.38 bits per heavy atom. The molecular formula is C15H18N2O2S2. The van der Waals surface area contributed by atoms with Crippen molar-refractivity contribution in [1.82, 2.24) is 9.88 Å². The van der Waals surface area contributed by atoms with E-state index in [0.717, 1.165) is 21.9 Å². The lowest BCUT2D eigenvalue weighted by molar-refractivity contribution is -0.129. The SMILES string of the molecule is COc1ccc(CN(C)C(=O)Cc2sc(=S)[nH]c2C)cc1. The molecule has 0 aliphatic carbocycles. The molecule has 0 saturated carbocycles. The van der Waals surface area contributed by atoms with Gasteiger partial charge >= 0.3 is 0 Å². The second kappa shape index (κ2) is 6.87. The lowest BCUT2D eigenvalue weighted by Crippen LogP contribution is -2.27. The summed E-state index contributed by atoms with van der Waals surface area (Å²) in [5.74, 6) is 0.898. The van der Waals surface area contributed by atoms with E-state index in [9.17, 15) is 4.79 Å². The molecule has 0 spiro atoms. The number of hydrogen-bond acceptors (Lipinski definition) is 4. The van der Waals surface area contributed by atoms with Crippen LogP contribution in [0.25, 0.3) is 0 Å². The average Bonchev–Trinajstić information content (AvgIpc) is 2.77. The molecule has 0 aliphatic heterocycles. The van der Waals surface area contributed by atoms with E-state index in [-0.39, 0.29) is 5.91 Å². The Balaban J connectivity index is 1.98. The third-order valence-electron chi connectivity index (χ3n) is 3.24. The number of carbonyl (C=O) groups excluding carboxylic acids is 1. The third-order valence-corrected chi connectivity index (χ3v) is 4.58. The summed E-state index contributed by atoms with van der Waals surface area (Å²) in [7, 11) is 3.45. The van der Waals surface area contributed by atoms with E-state index >= 15 is 0 Å². The number of carbonyl (C=O) groups is 1. The van der Waals surface area contributed by atoms with E-state index in [0.29, 0.717) is 16.9 Å². The van der Waals surface area contributed by atoms with Crippen LogP contribution in [0.15, 0.2) is 24.3 Å². The number of likely N-dealkylation sites (N-methyl/N-ethyl adjacent to an activating group) is 1. The number of nitrogens with zero attached hydrogens (tertiary/aromatic N) is 1. The van der Waals surface area contributed by atoms with Crippen LogP contribution in [0.4, 0.5) is 0 Å². The fourth-order valence-corrected chi connectivity index (χ4v) is 3.25. The predicted octanol–water partition coefficient (Wildman–Crippen LogP) is 3.32. The fraction of sp³-hybridized carbons (Fsp3) is 0.333. The van der Waals surface area contributed by atoms with Crippen LogP contribution in [0.3, 0.4) is 0 Å². The van der Waals surface area contributed by atoms with Gasteiger partial charge in [0.1, 0.15) is 5.75 Å². The van der Waals surface area contributed by atoms with Crippen molar-refractivity contribution in [2.75, 3.05) is 14.2 Å². The van der Waals surface area contributed by atoms with E-state index in [1.165, 1.54) is 11.3 Å². The van der Waals surface area contributed by atoms with Crippen LogP contribution in [-0.4, -0.2) is 29.9 Å². The second-order valence-electron chi connectivity index (χ2n) is 4.84. The zero-order valence-electron chi connectivity index (χ0n) is 12.3. The molecule has 1 aromatic carbocycles. The molecule has 0 fully saturated rings. The van der Waals surface area contributed by atoms with Crippen molar-refractivity contribution >= 4 is 29.5 Å². The number of hydrogen-bond donors (Lipinski definition) is 1. The molecule has 0 atom stereocenters. The quantitative estimate of drug-likeness (QED) is 0.859. The van der Waals surface area contributed by atoms with Crippen LogP contribution in [0.2, 0.25) is 0 Å². The van der Waals surface area contributed by atoms with Gasteiger partial charge in [0.15, 0.2) is 3.95 Å². The van der Waals surface area contributed by atoms with Gasteiger partial charge in [-0.1, -0.05) is 12.1 Å². The fourth-order valence-electron chi connectivity index (χ4n) is 1.97. The largest absolute Gasteiger partial charge is 0.497 e. The van der Waals surface area contributed by atoms with E-state index in [1.807, 2.05) is 38.2 Å². The van der Waals surface area contributed by atoms with Gasteiger partial charge < -0.3 is 14.6 Å². The number of ether oxygens (including phenoxy) is 1. The Kier molecular flexibility index (Phi) is 5.14. The molecule has 0 aliphatic rings. The highest BCUT2D eigenvalue weighted by Crippen LogP contribution is 2.17. The Morgan fingerprint density at radius 2 is 2.05 bits per heavy atom. The first-order valence-corrected chi connectivity index (χ1v) is 7.77. The van der Waals surface area contributed by atoms with E-state index < -0.39 is 0 Å². The molecule has 1 aromatic heterocycles. The van der Waals surface area contributed by atoms with Gasteiger partial charge in [0.2, 0.25) is 5.91 Å².